The van der Waals surface area contributed by atoms with E-state index in [1.807, 2.05) is 32.9 Å². The van der Waals surface area contributed by atoms with E-state index >= 15 is 0 Å². The fourth-order valence-electron chi connectivity index (χ4n) is 1.46. The Hall–Kier alpha value is -1.29. The molecule has 1 unspecified atom stereocenters. The van der Waals surface area contributed by atoms with Gasteiger partial charge in [-0.1, -0.05) is 6.92 Å². The quantitative estimate of drug-likeness (QED) is 0.795. The lowest BCUT2D eigenvalue weighted by molar-refractivity contribution is -0.123. The van der Waals surface area contributed by atoms with E-state index in [9.17, 15) is 4.79 Å². The van der Waals surface area contributed by atoms with Gasteiger partial charge in [0.1, 0.15) is 11.5 Å². The van der Waals surface area contributed by atoms with Crippen LogP contribution in [0.15, 0.2) is 16.5 Å². The van der Waals surface area contributed by atoms with Gasteiger partial charge in [0.05, 0.1) is 12.6 Å². The van der Waals surface area contributed by atoms with Crippen molar-refractivity contribution in [2.24, 2.45) is 0 Å². The number of carbonyl (C=O) groups excluding carboxylic acids is 1. The molecule has 0 aliphatic heterocycles. The Balaban J connectivity index is 2.37. The number of nitrogens with one attached hydrogen (secondary N) is 2. The lowest BCUT2D eigenvalue weighted by Crippen LogP contribution is -2.44. The summed E-state index contributed by atoms with van der Waals surface area (Å²) >= 11 is 0. The molecule has 1 atom stereocenters. The van der Waals surface area contributed by atoms with E-state index in [1.165, 1.54) is 0 Å². The van der Waals surface area contributed by atoms with Crippen LogP contribution in [0, 0.1) is 0 Å². The molecule has 0 aromatic carbocycles. The van der Waals surface area contributed by atoms with Crippen molar-refractivity contribution in [3.05, 3.63) is 23.7 Å². The third-order valence-electron chi connectivity index (χ3n) is 2.47. The summed E-state index contributed by atoms with van der Waals surface area (Å²) in [5, 5.41) is 6.00. The fourth-order valence-corrected chi connectivity index (χ4v) is 1.46. The van der Waals surface area contributed by atoms with Gasteiger partial charge in [-0.05, 0) is 32.9 Å². The molecular weight excluding hydrogens is 216 g/mol. The smallest absolute Gasteiger partial charge is 0.237 e. The monoisotopic (exact) mass is 238 g/mol. The van der Waals surface area contributed by atoms with Gasteiger partial charge in [-0.3, -0.25) is 10.1 Å². The Bertz CT molecular complexity index is 358. The minimum Gasteiger partial charge on any atom is -0.465 e. The van der Waals surface area contributed by atoms with Gasteiger partial charge in [0.15, 0.2) is 0 Å². The molecule has 0 saturated heterocycles. The van der Waals surface area contributed by atoms with Crippen LogP contribution in [0.5, 0.6) is 0 Å². The largest absolute Gasteiger partial charge is 0.465 e. The minimum absolute atomic E-state index is 0.0160. The molecular formula is C13H22N2O2. The topological polar surface area (TPSA) is 54.3 Å². The molecule has 96 valence electrons. The lowest BCUT2D eigenvalue weighted by Gasteiger charge is -2.15. The van der Waals surface area contributed by atoms with Crippen LogP contribution >= 0.6 is 0 Å². The van der Waals surface area contributed by atoms with Gasteiger partial charge >= 0.3 is 0 Å². The number of furan rings is 1. The van der Waals surface area contributed by atoms with Gasteiger partial charge in [0.2, 0.25) is 5.91 Å². The van der Waals surface area contributed by atoms with Gasteiger partial charge in [0, 0.05) is 12.5 Å². The van der Waals surface area contributed by atoms with Crippen LogP contribution < -0.4 is 10.6 Å². The number of aryl methyl sites for hydroxylation is 1. The van der Waals surface area contributed by atoms with Crippen LogP contribution in [0.3, 0.4) is 0 Å². The van der Waals surface area contributed by atoms with Crippen LogP contribution in [-0.2, 0) is 17.8 Å². The molecule has 1 aromatic heterocycles. The molecule has 0 fully saturated rings. The zero-order chi connectivity index (χ0) is 12.8. The number of amides is 1. The second-order valence-electron chi connectivity index (χ2n) is 4.49. The Morgan fingerprint density at radius 2 is 1.94 bits per heavy atom. The van der Waals surface area contributed by atoms with Crippen molar-refractivity contribution >= 4 is 5.91 Å². The highest BCUT2D eigenvalue weighted by atomic mass is 16.3. The molecule has 0 aliphatic carbocycles. The summed E-state index contributed by atoms with van der Waals surface area (Å²) in [7, 11) is 0. The zero-order valence-corrected chi connectivity index (χ0v) is 11.0. The van der Waals surface area contributed by atoms with Gasteiger partial charge in [-0.2, -0.15) is 0 Å². The minimum atomic E-state index is -0.215. The zero-order valence-electron chi connectivity index (χ0n) is 11.0. The van der Waals surface area contributed by atoms with Crippen molar-refractivity contribution in [2.75, 3.05) is 0 Å². The van der Waals surface area contributed by atoms with Gasteiger partial charge in [-0.15, -0.1) is 0 Å². The third kappa shape index (κ3) is 4.61. The molecule has 4 nitrogen and oxygen atoms in total. The lowest BCUT2D eigenvalue weighted by atomic mass is 10.2. The highest BCUT2D eigenvalue weighted by Crippen LogP contribution is 2.08. The second kappa shape index (κ2) is 6.45. The first-order chi connectivity index (χ1) is 8.02. The van der Waals surface area contributed by atoms with Crippen molar-refractivity contribution in [1.82, 2.24) is 10.6 Å². The van der Waals surface area contributed by atoms with E-state index < -0.39 is 0 Å². The van der Waals surface area contributed by atoms with E-state index in [2.05, 4.69) is 17.6 Å². The second-order valence-corrected chi connectivity index (χ2v) is 4.49. The molecule has 1 heterocycles. The summed E-state index contributed by atoms with van der Waals surface area (Å²) in [6, 6.07) is 3.86. The van der Waals surface area contributed by atoms with Gasteiger partial charge in [-0.25, -0.2) is 0 Å². The Labute approximate surface area is 103 Å². The van der Waals surface area contributed by atoms with Crippen LogP contribution in [0.1, 0.15) is 39.2 Å². The molecule has 1 amide bonds. The van der Waals surface area contributed by atoms with Gasteiger partial charge < -0.3 is 9.73 Å². The van der Waals surface area contributed by atoms with Crippen LogP contribution in [-0.4, -0.2) is 18.0 Å². The first kappa shape index (κ1) is 13.8. The number of hydrogen-bond donors (Lipinski definition) is 2. The number of carbonyl (C=O) groups is 1. The van der Waals surface area contributed by atoms with Crippen molar-refractivity contribution in [3.8, 4) is 0 Å². The molecule has 0 saturated carbocycles. The maximum absolute atomic E-state index is 11.6. The van der Waals surface area contributed by atoms with E-state index in [1.54, 1.807) is 0 Å². The summed E-state index contributed by atoms with van der Waals surface area (Å²) < 4.78 is 5.55. The van der Waals surface area contributed by atoms with Crippen molar-refractivity contribution in [1.29, 1.82) is 0 Å². The van der Waals surface area contributed by atoms with E-state index in [-0.39, 0.29) is 18.0 Å². The summed E-state index contributed by atoms with van der Waals surface area (Å²) in [4.78, 5) is 11.6. The van der Waals surface area contributed by atoms with E-state index in [0.29, 0.717) is 6.54 Å². The Morgan fingerprint density at radius 1 is 1.29 bits per heavy atom. The number of rotatable bonds is 6. The summed E-state index contributed by atoms with van der Waals surface area (Å²) in [6.07, 6.45) is 0.892. The summed E-state index contributed by atoms with van der Waals surface area (Å²) in [6.45, 7) is 8.37. The Kier molecular flexibility index (Phi) is 5.22. The highest BCUT2D eigenvalue weighted by Gasteiger charge is 2.13. The Morgan fingerprint density at radius 3 is 2.47 bits per heavy atom. The number of hydrogen-bond acceptors (Lipinski definition) is 3. The molecule has 1 rings (SSSR count). The molecule has 0 spiro atoms. The summed E-state index contributed by atoms with van der Waals surface area (Å²) in [5.74, 6) is 1.86. The van der Waals surface area contributed by atoms with Gasteiger partial charge in [0.25, 0.3) is 0 Å². The molecule has 4 heteroatoms. The molecule has 0 radical (unpaired) electrons. The van der Waals surface area contributed by atoms with E-state index in [0.717, 1.165) is 17.9 Å². The van der Waals surface area contributed by atoms with Crippen molar-refractivity contribution in [3.63, 3.8) is 0 Å². The maximum Gasteiger partial charge on any atom is 0.237 e. The fraction of sp³-hybridized carbons (Fsp3) is 0.615. The molecule has 0 bridgehead atoms. The van der Waals surface area contributed by atoms with Crippen molar-refractivity contribution in [2.45, 2.75) is 52.7 Å². The SMILES string of the molecule is CCc1ccc(CNC(C)C(=O)NC(C)C)o1. The van der Waals surface area contributed by atoms with Crippen LogP contribution in [0.4, 0.5) is 0 Å². The first-order valence-electron chi connectivity index (χ1n) is 6.14. The predicted octanol–water partition coefficient (Wildman–Crippen LogP) is 1.84. The van der Waals surface area contributed by atoms with Crippen LogP contribution in [0.25, 0.3) is 0 Å². The summed E-state index contributed by atoms with van der Waals surface area (Å²) in [5.41, 5.74) is 0. The third-order valence-corrected chi connectivity index (χ3v) is 2.47. The average molecular weight is 238 g/mol. The molecule has 17 heavy (non-hydrogen) atoms. The standard InChI is InChI=1S/C13H22N2O2/c1-5-11-6-7-12(17-11)8-14-10(4)13(16)15-9(2)3/h6-7,9-10,14H,5,8H2,1-4H3,(H,15,16). The molecule has 0 aliphatic rings. The normalized spacial score (nSPS) is 12.8. The van der Waals surface area contributed by atoms with E-state index in [4.69, 9.17) is 4.42 Å². The first-order valence-corrected chi connectivity index (χ1v) is 6.14. The molecule has 1 aromatic rings. The maximum atomic E-state index is 11.6. The average Bonchev–Trinajstić information content (AvgIpc) is 2.72. The predicted molar refractivity (Wildman–Crippen MR) is 67.7 cm³/mol. The highest BCUT2D eigenvalue weighted by molar-refractivity contribution is 5.81. The van der Waals surface area contributed by atoms with Crippen molar-refractivity contribution < 1.29 is 9.21 Å². The molecule has 2 N–H and O–H groups in total. The van der Waals surface area contributed by atoms with Crippen LogP contribution in [0.2, 0.25) is 0 Å².